The smallest absolute Gasteiger partial charge is 0.305 e. The zero-order valence-corrected chi connectivity index (χ0v) is 16.1. The van der Waals surface area contributed by atoms with Crippen LogP contribution in [0.15, 0.2) is 41.3 Å². The van der Waals surface area contributed by atoms with Gasteiger partial charge in [-0.25, -0.2) is 9.37 Å². The van der Waals surface area contributed by atoms with Crippen molar-refractivity contribution in [3.63, 3.8) is 0 Å². The Kier molecular flexibility index (Phi) is 4.79. The molecule has 2 aromatic carbocycles. The summed E-state index contributed by atoms with van der Waals surface area (Å²) in [5.74, 6) is -1.78. The Labute approximate surface area is 166 Å². The number of thioether (sulfide) groups is 1. The van der Waals surface area contributed by atoms with Gasteiger partial charge in [0.15, 0.2) is 0 Å². The van der Waals surface area contributed by atoms with Crippen LogP contribution in [-0.4, -0.2) is 27.2 Å². The molecule has 138 valence electrons. The molecular formula is C18H12ClFN2O3S2. The highest BCUT2D eigenvalue weighted by atomic mass is 35.5. The normalized spacial score (nSPS) is 16.6. The van der Waals surface area contributed by atoms with Gasteiger partial charge in [-0.05, 0) is 24.3 Å². The maximum atomic E-state index is 14.1. The summed E-state index contributed by atoms with van der Waals surface area (Å²) in [5.41, 5.74) is 1.14. The van der Waals surface area contributed by atoms with Crippen molar-refractivity contribution in [2.75, 3.05) is 4.90 Å². The van der Waals surface area contributed by atoms with Crippen LogP contribution < -0.4 is 4.90 Å². The number of amides is 1. The topological polar surface area (TPSA) is 70.5 Å². The van der Waals surface area contributed by atoms with Crippen LogP contribution in [0.3, 0.4) is 0 Å². The van der Waals surface area contributed by atoms with E-state index in [1.807, 2.05) is 24.3 Å². The molecule has 0 fully saturated rings. The minimum atomic E-state index is -1.03. The third kappa shape index (κ3) is 3.52. The van der Waals surface area contributed by atoms with E-state index in [1.165, 1.54) is 22.7 Å². The Morgan fingerprint density at radius 2 is 2.11 bits per heavy atom. The van der Waals surface area contributed by atoms with E-state index < -0.39 is 17.0 Å². The fourth-order valence-electron chi connectivity index (χ4n) is 2.94. The van der Waals surface area contributed by atoms with Crippen LogP contribution in [0.4, 0.5) is 10.1 Å². The second-order valence-electron chi connectivity index (χ2n) is 5.94. The van der Waals surface area contributed by atoms with E-state index in [0.29, 0.717) is 20.9 Å². The highest BCUT2D eigenvalue weighted by Gasteiger charge is 2.35. The van der Waals surface area contributed by atoms with E-state index in [1.54, 1.807) is 6.07 Å². The van der Waals surface area contributed by atoms with E-state index in [2.05, 4.69) is 4.98 Å². The lowest BCUT2D eigenvalue weighted by Gasteiger charge is -2.32. The number of carbonyl (C=O) groups excluding carboxylic acids is 1. The molecule has 1 aliphatic rings. The molecule has 9 heteroatoms. The summed E-state index contributed by atoms with van der Waals surface area (Å²) in [6, 6.07) is 10.1. The molecular weight excluding hydrogens is 411 g/mol. The molecule has 1 N–H and O–H groups in total. The minimum absolute atomic E-state index is 0.142. The quantitative estimate of drug-likeness (QED) is 0.666. The lowest BCUT2D eigenvalue weighted by atomic mass is 10.2. The van der Waals surface area contributed by atoms with Crippen molar-refractivity contribution in [2.45, 2.75) is 23.1 Å². The predicted octanol–water partition coefficient (Wildman–Crippen LogP) is 4.57. The molecule has 0 saturated carbocycles. The molecule has 5 nitrogen and oxygen atoms in total. The summed E-state index contributed by atoms with van der Waals surface area (Å²) in [4.78, 5) is 30.8. The molecule has 1 atom stereocenters. The molecule has 0 bridgehead atoms. The Morgan fingerprint density at radius 1 is 1.33 bits per heavy atom. The third-order valence-electron chi connectivity index (χ3n) is 4.07. The molecule has 0 saturated heterocycles. The summed E-state index contributed by atoms with van der Waals surface area (Å²) in [6.45, 7) is 0.142. The van der Waals surface area contributed by atoms with Crippen LogP contribution in [-0.2, 0) is 16.1 Å². The number of halogens is 2. The number of aliphatic carboxylic acids is 1. The lowest BCUT2D eigenvalue weighted by molar-refractivity contribution is -0.138. The number of fused-ring (bicyclic) bond motifs is 2. The van der Waals surface area contributed by atoms with E-state index in [0.717, 1.165) is 16.2 Å². The van der Waals surface area contributed by atoms with Crippen LogP contribution in [0.25, 0.3) is 10.2 Å². The van der Waals surface area contributed by atoms with Gasteiger partial charge in [0.1, 0.15) is 10.8 Å². The number of benzene rings is 2. The van der Waals surface area contributed by atoms with Crippen molar-refractivity contribution in [3.8, 4) is 0 Å². The van der Waals surface area contributed by atoms with Gasteiger partial charge in [0.2, 0.25) is 5.91 Å². The van der Waals surface area contributed by atoms with Crippen molar-refractivity contribution in [2.24, 2.45) is 0 Å². The number of hydrogen-bond acceptors (Lipinski definition) is 5. The Hall–Kier alpha value is -2.16. The highest BCUT2D eigenvalue weighted by Crippen LogP contribution is 2.41. The molecule has 1 aromatic heterocycles. The minimum Gasteiger partial charge on any atom is -0.481 e. The van der Waals surface area contributed by atoms with Crippen molar-refractivity contribution in [3.05, 3.63) is 52.2 Å². The zero-order chi connectivity index (χ0) is 19.1. The molecule has 1 unspecified atom stereocenters. The number of para-hydroxylation sites is 1. The summed E-state index contributed by atoms with van der Waals surface area (Å²) >= 11 is 8.29. The van der Waals surface area contributed by atoms with Gasteiger partial charge in [-0.3, -0.25) is 9.59 Å². The summed E-state index contributed by atoms with van der Waals surface area (Å²) in [5, 5.41) is 9.21. The SMILES string of the molecule is O=C(O)CC1Sc2ccccc2N(Cc2nc3cc(Cl)cc(F)c3s2)C1=O. The average Bonchev–Trinajstić information content (AvgIpc) is 3.01. The lowest BCUT2D eigenvalue weighted by Crippen LogP contribution is -2.41. The number of carboxylic acid groups (broad SMARTS) is 1. The Balaban J connectivity index is 1.72. The Bertz CT molecular complexity index is 1070. The molecule has 2 heterocycles. The summed E-state index contributed by atoms with van der Waals surface area (Å²) in [7, 11) is 0. The monoisotopic (exact) mass is 422 g/mol. The van der Waals surface area contributed by atoms with Crippen LogP contribution in [0.5, 0.6) is 0 Å². The van der Waals surface area contributed by atoms with E-state index in [4.69, 9.17) is 16.7 Å². The number of hydrogen-bond donors (Lipinski definition) is 1. The number of aromatic nitrogens is 1. The van der Waals surface area contributed by atoms with Crippen LogP contribution in [0.1, 0.15) is 11.4 Å². The molecule has 3 aromatic rings. The highest BCUT2D eigenvalue weighted by molar-refractivity contribution is 8.01. The van der Waals surface area contributed by atoms with Gasteiger partial charge in [0, 0.05) is 9.92 Å². The summed E-state index contributed by atoms with van der Waals surface area (Å²) in [6.07, 6.45) is -0.265. The van der Waals surface area contributed by atoms with Gasteiger partial charge in [0.25, 0.3) is 0 Å². The first kappa shape index (κ1) is 18.2. The van der Waals surface area contributed by atoms with E-state index in [9.17, 15) is 14.0 Å². The fraction of sp³-hybridized carbons (Fsp3) is 0.167. The maximum Gasteiger partial charge on any atom is 0.305 e. The molecule has 1 amide bonds. The number of nitrogens with zero attached hydrogens (tertiary/aromatic N) is 2. The fourth-order valence-corrected chi connectivity index (χ4v) is 5.29. The molecule has 0 spiro atoms. The second-order valence-corrected chi connectivity index (χ2v) is 8.70. The number of rotatable bonds is 4. The van der Waals surface area contributed by atoms with E-state index >= 15 is 0 Å². The van der Waals surface area contributed by atoms with Gasteiger partial charge in [-0.1, -0.05) is 23.7 Å². The van der Waals surface area contributed by atoms with Gasteiger partial charge < -0.3 is 10.0 Å². The maximum absolute atomic E-state index is 14.1. The first-order valence-electron chi connectivity index (χ1n) is 7.95. The van der Waals surface area contributed by atoms with Gasteiger partial charge in [-0.15, -0.1) is 23.1 Å². The van der Waals surface area contributed by atoms with E-state index in [-0.39, 0.29) is 23.9 Å². The molecule has 4 rings (SSSR count). The van der Waals surface area contributed by atoms with Crippen LogP contribution in [0, 0.1) is 5.82 Å². The zero-order valence-electron chi connectivity index (χ0n) is 13.7. The number of carbonyl (C=O) groups is 2. The molecule has 1 aliphatic heterocycles. The van der Waals surface area contributed by atoms with Crippen molar-refractivity contribution < 1.29 is 19.1 Å². The van der Waals surface area contributed by atoms with Crippen LogP contribution >= 0.6 is 34.7 Å². The third-order valence-corrected chi connectivity index (χ3v) is 6.61. The van der Waals surface area contributed by atoms with Crippen molar-refractivity contribution in [1.29, 1.82) is 0 Å². The predicted molar refractivity (Wildman–Crippen MR) is 104 cm³/mol. The largest absolute Gasteiger partial charge is 0.481 e. The summed E-state index contributed by atoms with van der Waals surface area (Å²) < 4.78 is 14.5. The van der Waals surface area contributed by atoms with Gasteiger partial charge >= 0.3 is 5.97 Å². The van der Waals surface area contributed by atoms with Gasteiger partial charge in [0.05, 0.1) is 34.1 Å². The number of anilines is 1. The Morgan fingerprint density at radius 3 is 2.89 bits per heavy atom. The van der Waals surface area contributed by atoms with Crippen LogP contribution in [0.2, 0.25) is 5.02 Å². The molecule has 0 radical (unpaired) electrons. The standard InChI is InChI=1S/C18H12ClFN2O3S2/c19-9-5-10(20)17-11(6-9)21-15(27-17)8-22-12-3-1-2-4-13(12)26-14(18(22)25)7-16(23)24/h1-6,14H,7-8H2,(H,23,24). The first-order chi connectivity index (χ1) is 12.9. The number of thiazole rings is 1. The van der Waals surface area contributed by atoms with Crippen molar-refractivity contribution in [1.82, 2.24) is 4.98 Å². The number of carboxylic acids is 1. The molecule has 0 aliphatic carbocycles. The van der Waals surface area contributed by atoms with Crippen molar-refractivity contribution >= 4 is 62.5 Å². The second kappa shape index (κ2) is 7.10. The van der Waals surface area contributed by atoms with Gasteiger partial charge in [-0.2, -0.15) is 0 Å². The molecule has 27 heavy (non-hydrogen) atoms. The first-order valence-corrected chi connectivity index (χ1v) is 10.0. The average molecular weight is 423 g/mol.